The van der Waals surface area contributed by atoms with Crippen LogP contribution >= 0.6 is 0 Å². The Morgan fingerprint density at radius 2 is 2.11 bits per heavy atom. The molecule has 0 spiro atoms. The van der Waals surface area contributed by atoms with Crippen molar-refractivity contribution in [1.29, 1.82) is 0 Å². The zero-order chi connectivity index (χ0) is 7.33. The van der Waals surface area contributed by atoms with Crippen LogP contribution in [0.2, 0.25) is 13.1 Å². The standard InChI is InChI=1S/C6H14O2Si/c1-5-8-9(3,4)6-7-2/h5H,1,6H2,2-4H3. The summed E-state index contributed by atoms with van der Waals surface area (Å²) in [6.07, 6.45) is 2.21. The fourth-order valence-corrected chi connectivity index (χ4v) is 1.82. The fraction of sp³-hybridized carbons (Fsp3) is 0.667. The minimum atomic E-state index is -1.54. The molecule has 0 heterocycles. The Balaban J connectivity index is 3.55. The number of ether oxygens (including phenoxy) is 1. The van der Waals surface area contributed by atoms with Crippen molar-refractivity contribution in [3.63, 3.8) is 0 Å². The summed E-state index contributed by atoms with van der Waals surface area (Å²) < 4.78 is 10.2. The van der Waals surface area contributed by atoms with Crippen molar-refractivity contribution >= 4 is 8.32 Å². The molecule has 0 aromatic carbocycles. The molecule has 0 unspecified atom stereocenters. The van der Waals surface area contributed by atoms with E-state index in [2.05, 4.69) is 19.7 Å². The largest absolute Gasteiger partial charge is 0.548 e. The van der Waals surface area contributed by atoms with Crippen LogP contribution in [0.3, 0.4) is 0 Å². The summed E-state index contributed by atoms with van der Waals surface area (Å²) in [6.45, 7) is 7.65. The van der Waals surface area contributed by atoms with E-state index in [1.807, 2.05) is 0 Å². The SMILES string of the molecule is C=CO[Si](C)(C)COC. The highest BCUT2D eigenvalue weighted by atomic mass is 28.4. The summed E-state index contributed by atoms with van der Waals surface area (Å²) in [6, 6.07) is 0. The van der Waals surface area contributed by atoms with E-state index in [0.717, 1.165) is 6.23 Å². The molecule has 0 radical (unpaired) electrons. The van der Waals surface area contributed by atoms with Gasteiger partial charge in [-0.2, -0.15) is 0 Å². The lowest BCUT2D eigenvalue weighted by atomic mass is 11.2. The highest BCUT2D eigenvalue weighted by Crippen LogP contribution is 2.03. The quantitative estimate of drug-likeness (QED) is 0.442. The Labute approximate surface area is 57.6 Å². The van der Waals surface area contributed by atoms with Gasteiger partial charge in [0.2, 0.25) is 0 Å². The predicted octanol–water partition coefficient (Wildman–Crippen LogP) is 1.54. The average molecular weight is 146 g/mol. The molecule has 0 bridgehead atoms. The average Bonchev–Trinajstić information content (AvgIpc) is 1.64. The highest BCUT2D eigenvalue weighted by molar-refractivity contribution is 6.71. The van der Waals surface area contributed by atoms with Gasteiger partial charge in [0.05, 0.1) is 12.5 Å². The van der Waals surface area contributed by atoms with Crippen LogP contribution in [-0.4, -0.2) is 21.7 Å². The molecular weight excluding hydrogens is 132 g/mol. The molecular formula is C6H14O2Si. The number of hydrogen-bond acceptors (Lipinski definition) is 2. The Hall–Kier alpha value is -0.283. The maximum absolute atomic E-state index is 5.25. The van der Waals surface area contributed by atoms with E-state index in [-0.39, 0.29) is 0 Å². The van der Waals surface area contributed by atoms with Crippen molar-refractivity contribution in [3.8, 4) is 0 Å². The molecule has 0 N–H and O–H groups in total. The third kappa shape index (κ3) is 4.24. The molecule has 0 amide bonds. The van der Waals surface area contributed by atoms with Gasteiger partial charge in [-0.3, -0.25) is 0 Å². The van der Waals surface area contributed by atoms with Gasteiger partial charge in [0.25, 0.3) is 8.32 Å². The molecule has 0 fully saturated rings. The Bertz CT molecular complexity index is 91.1. The summed E-state index contributed by atoms with van der Waals surface area (Å²) in [5.74, 6) is 0. The molecule has 0 saturated heterocycles. The second kappa shape index (κ2) is 3.69. The van der Waals surface area contributed by atoms with Crippen LogP contribution in [0.4, 0.5) is 0 Å². The molecule has 9 heavy (non-hydrogen) atoms. The predicted molar refractivity (Wildman–Crippen MR) is 40.6 cm³/mol. The first kappa shape index (κ1) is 8.72. The summed E-state index contributed by atoms with van der Waals surface area (Å²) in [7, 11) is 0.138. The zero-order valence-electron chi connectivity index (χ0n) is 6.31. The first-order valence-corrected chi connectivity index (χ1v) is 6.01. The number of rotatable bonds is 4. The van der Waals surface area contributed by atoms with E-state index in [0.29, 0.717) is 0 Å². The lowest BCUT2D eigenvalue weighted by Gasteiger charge is -2.19. The van der Waals surface area contributed by atoms with E-state index in [9.17, 15) is 0 Å². The minimum absolute atomic E-state index is 0.721. The maximum atomic E-state index is 5.25. The molecule has 0 atom stereocenters. The molecule has 0 aromatic rings. The Morgan fingerprint density at radius 1 is 1.56 bits per heavy atom. The van der Waals surface area contributed by atoms with Crippen LogP contribution in [0.15, 0.2) is 12.8 Å². The first-order chi connectivity index (χ1) is 4.12. The van der Waals surface area contributed by atoms with Crippen LogP contribution < -0.4 is 0 Å². The van der Waals surface area contributed by atoms with E-state index >= 15 is 0 Å². The van der Waals surface area contributed by atoms with Crippen molar-refractivity contribution < 1.29 is 9.16 Å². The fourth-order valence-electron chi connectivity index (χ4n) is 0.607. The number of hydrogen-bond donors (Lipinski definition) is 0. The first-order valence-electron chi connectivity index (χ1n) is 2.90. The molecule has 0 aromatic heterocycles. The van der Waals surface area contributed by atoms with Gasteiger partial charge in [-0.05, 0) is 13.1 Å². The van der Waals surface area contributed by atoms with Crippen molar-refractivity contribution in [2.45, 2.75) is 13.1 Å². The van der Waals surface area contributed by atoms with E-state index in [1.54, 1.807) is 7.11 Å². The molecule has 3 heteroatoms. The molecule has 0 aliphatic heterocycles. The van der Waals surface area contributed by atoms with Crippen molar-refractivity contribution in [3.05, 3.63) is 12.8 Å². The molecule has 0 aliphatic rings. The highest BCUT2D eigenvalue weighted by Gasteiger charge is 2.21. The van der Waals surface area contributed by atoms with Gasteiger partial charge >= 0.3 is 0 Å². The van der Waals surface area contributed by atoms with Gasteiger partial charge in [-0.25, -0.2) is 0 Å². The van der Waals surface area contributed by atoms with Gasteiger partial charge in [0.1, 0.15) is 0 Å². The molecule has 0 rings (SSSR count). The molecule has 0 saturated carbocycles. The van der Waals surface area contributed by atoms with Crippen molar-refractivity contribution in [2.24, 2.45) is 0 Å². The third-order valence-electron chi connectivity index (χ3n) is 0.894. The van der Waals surface area contributed by atoms with Crippen LogP contribution in [0.1, 0.15) is 0 Å². The van der Waals surface area contributed by atoms with Crippen LogP contribution in [0, 0.1) is 0 Å². The minimum Gasteiger partial charge on any atom is -0.548 e. The van der Waals surface area contributed by atoms with E-state index in [1.165, 1.54) is 6.26 Å². The topological polar surface area (TPSA) is 18.5 Å². The summed E-state index contributed by atoms with van der Waals surface area (Å²) in [4.78, 5) is 0. The van der Waals surface area contributed by atoms with Gasteiger partial charge in [-0.15, -0.1) is 0 Å². The summed E-state index contributed by atoms with van der Waals surface area (Å²) >= 11 is 0. The van der Waals surface area contributed by atoms with Crippen LogP contribution in [0.5, 0.6) is 0 Å². The summed E-state index contributed by atoms with van der Waals surface area (Å²) in [5.41, 5.74) is 0. The van der Waals surface area contributed by atoms with Crippen LogP contribution in [-0.2, 0) is 9.16 Å². The third-order valence-corrected chi connectivity index (χ3v) is 2.68. The van der Waals surface area contributed by atoms with Gasteiger partial charge in [0.15, 0.2) is 0 Å². The lowest BCUT2D eigenvalue weighted by molar-refractivity contribution is 0.229. The summed E-state index contributed by atoms with van der Waals surface area (Å²) in [5, 5.41) is 0. The van der Waals surface area contributed by atoms with Crippen molar-refractivity contribution in [2.75, 3.05) is 13.3 Å². The normalized spacial score (nSPS) is 11.0. The smallest absolute Gasteiger partial charge is 0.269 e. The van der Waals surface area contributed by atoms with Crippen LogP contribution in [0.25, 0.3) is 0 Å². The zero-order valence-corrected chi connectivity index (χ0v) is 7.31. The van der Waals surface area contributed by atoms with Crippen molar-refractivity contribution in [1.82, 2.24) is 0 Å². The second-order valence-electron chi connectivity index (χ2n) is 2.48. The van der Waals surface area contributed by atoms with Gasteiger partial charge in [-0.1, -0.05) is 6.58 Å². The Kier molecular flexibility index (Phi) is 3.57. The maximum Gasteiger partial charge on any atom is 0.269 e. The monoisotopic (exact) mass is 146 g/mol. The van der Waals surface area contributed by atoms with E-state index < -0.39 is 8.32 Å². The van der Waals surface area contributed by atoms with E-state index in [4.69, 9.17) is 9.16 Å². The Morgan fingerprint density at radius 3 is 2.44 bits per heavy atom. The molecule has 2 nitrogen and oxygen atoms in total. The van der Waals surface area contributed by atoms with Gasteiger partial charge < -0.3 is 9.16 Å². The second-order valence-corrected chi connectivity index (χ2v) is 6.52. The lowest BCUT2D eigenvalue weighted by Crippen LogP contribution is -2.34. The molecule has 0 aliphatic carbocycles. The number of methoxy groups -OCH3 is 1. The van der Waals surface area contributed by atoms with Gasteiger partial charge in [0, 0.05) is 7.11 Å². The molecule has 54 valence electrons.